The predicted octanol–water partition coefficient (Wildman–Crippen LogP) is 2.66. The van der Waals surface area contributed by atoms with Crippen LogP contribution >= 0.6 is 0 Å². The normalized spacial score (nSPS) is 29.5. The van der Waals surface area contributed by atoms with Gasteiger partial charge in [0.05, 0.1) is 6.61 Å². The maximum Gasteiger partial charge on any atom is 0.0547 e. The van der Waals surface area contributed by atoms with E-state index in [0.29, 0.717) is 5.41 Å². The summed E-state index contributed by atoms with van der Waals surface area (Å²) in [6.45, 7) is 10.9. The standard InChI is InChI=1S/C16H32N2O/c1-15(2,3)17-11-16(9-10-19-13-16)12-18(4)14-7-5-6-8-14/h14,17H,5-13H2,1-4H3. The van der Waals surface area contributed by atoms with Gasteiger partial charge in [0.15, 0.2) is 0 Å². The maximum atomic E-state index is 5.72. The van der Waals surface area contributed by atoms with Gasteiger partial charge in [-0.2, -0.15) is 0 Å². The molecule has 1 aliphatic carbocycles. The van der Waals surface area contributed by atoms with Crippen LogP contribution in [-0.4, -0.2) is 49.8 Å². The summed E-state index contributed by atoms with van der Waals surface area (Å²) in [6.07, 6.45) is 6.81. The number of rotatable bonds is 5. The van der Waals surface area contributed by atoms with E-state index >= 15 is 0 Å². The molecule has 1 saturated carbocycles. The van der Waals surface area contributed by atoms with E-state index < -0.39 is 0 Å². The molecule has 112 valence electrons. The van der Waals surface area contributed by atoms with Crippen LogP contribution in [0.4, 0.5) is 0 Å². The monoisotopic (exact) mass is 268 g/mol. The Morgan fingerprint density at radius 2 is 1.95 bits per heavy atom. The predicted molar refractivity (Wildman–Crippen MR) is 80.5 cm³/mol. The summed E-state index contributed by atoms with van der Waals surface area (Å²) in [5.41, 5.74) is 0.520. The molecular weight excluding hydrogens is 236 g/mol. The number of hydrogen-bond acceptors (Lipinski definition) is 3. The minimum Gasteiger partial charge on any atom is -0.381 e. The van der Waals surface area contributed by atoms with Crippen molar-refractivity contribution in [1.29, 1.82) is 0 Å². The van der Waals surface area contributed by atoms with Crippen molar-refractivity contribution >= 4 is 0 Å². The largest absolute Gasteiger partial charge is 0.381 e. The van der Waals surface area contributed by atoms with Gasteiger partial charge < -0.3 is 15.0 Å². The summed E-state index contributed by atoms with van der Waals surface area (Å²) >= 11 is 0. The molecule has 3 nitrogen and oxygen atoms in total. The van der Waals surface area contributed by atoms with Gasteiger partial charge in [-0.3, -0.25) is 0 Å². The van der Waals surface area contributed by atoms with Gasteiger partial charge in [0.1, 0.15) is 0 Å². The molecule has 1 N–H and O–H groups in total. The van der Waals surface area contributed by atoms with Crippen molar-refractivity contribution in [3.05, 3.63) is 0 Å². The number of nitrogens with zero attached hydrogens (tertiary/aromatic N) is 1. The van der Waals surface area contributed by atoms with Crippen molar-refractivity contribution in [3.63, 3.8) is 0 Å². The third kappa shape index (κ3) is 4.44. The number of hydrogen-bond donors (Lipinski definition) is 1. The molecule has 19 heavy (non-hydrogen) atoms. The van der Waals surface area contributed by atoms with Gasteiger partial charge in [-0.1, -0.05) is 12.8 Å². The Balaban J connectivity index is 1.90. The summed E-state index contributed by atoms with van der Waals surface area (Å²) in [6, 6.07) is 0.812. The van der Waals surface area contributed by atoms with Crippen LogP contribution in [0.1, 0.15) is 52.9 Å². The lowest BCUT2D eigenvalue weighted by molar-refractivity contribution is 0.0964. The van der Waals surface area contributed by atoms with E-state index in [-0.39, 0.29) is 5.54 Å². The molecule has 0 radical (unpaired) electrons. The van der Waals surface area contributed by atoms with E-state index in [1.54, 1.807) is 0 Å². The van der Waals surface area contributed by atoms with Gasteiger partial charge in [-0.25, -0.2) is 0 Å². The van der Waals surface area contributed by atoms with Gasteiger partial charge >= 0.3 is 0 Å². The zero-order chi connectivity index (χ0) is 13.9. The minimum atomic E-state index is 0.196. The lowest BCUT2D eigenvalue weighted by Crippen LogP contribution is -2.50. The van der Waals surface area contributed by atoms with Crippen molar-refractivity contribution < 1.29 is 4.74 Å². The highest BCUT2D eigenvalue weighted by Crippen LogP contribution is 2.32. The molecule has 2 aliphatic rings. The first-order valence-corrected chi connectivity index (χ1v) is 7.93. The van der Waals surface area contributed by atoms with Crippen molar-refractivity contribution in [2.45, 2.75) is 64.5 Å². The molecule has 2 rings (SSSR count). The van der Waals surface area contributed by atoms with Gasteiger partial charge in [-0.15, -0.1) is 0 Å². The Morgan fingerprint density at radius 3 is 2.47 bits per heavy atom. The second kappa shape index (κ2) is 6.11. The molecule has 2 fully saturated rings. The molecular formula is C16H32N2O. The Bertz CT molecular complexity index is 273. The van der Waals surface area contributed by atoms with Crippen LogP contribution < -0.4 is 5.32 Å². The molecule has 0 aromatic heterocycles. The van der Waals surface area contributed by atoms with Crippen LogP contribution in [0, 0.1) is 5.41 Å². The molecule has 1 heterocycles. The Hall–Kier alpha value is -0.120. The number of ether oxygens (including phenoxy) is 1. The van der Waals surface area contributed by atoms with Crippen LogP contribution in [0.25, 0.3) is 0 Å². The van der Waals surface area contributed by atoms with E-state index in [4.69, 9.17) is 4.74 Å². The van der Waals surface area contributed by atoms with E-state index in [1.807, 2.05) is 0 Å². The number of nitrogens with one attached hydrogen (secondary N) is 1. The first kappa shape index (κ1) is 15.3. The van der Waals surface area contributed by atoms with Crippen molar-refractivity contribution in [3.8, 4) is 0 Å². The zero-order valence-corrected chi connectivity index (χ0v) is 13.3. The lowest BCUT2D eigenvalue weighted by Gasteiger charge is -2.37. The van der Waals surface area contributed by atoms with Gasteiger partial charge in [0.25, 0.3) is 0 Å². The SMILES string of the molecule is CN(CC1(CNC(C)(C)C)CCOC1)C1CCCC1. The van der Waals surface area contributed by atoms with E-state index in [9.17, 15) is 0 Å². The quantitative estimate of drug-likeness (QED) is 0.829. The third-order valence-corrected chi connectivity index (χ3v) is 4.71. The fraction of sp³-hybridized carbons (Fsp3) is 1.00. The fourth-order valence-electron chi connectivity index (χ4n) is 3.43. The molecule has 0 aromatic carbocycles. The van der Waals surface area contributed by atoms with Crippen LogP contribution in [0.2, 0.25) is 0 Å². The average Bonchev–Trinajstić information content (AvgIpc) is 2.97. The lowest BCUT2D eigenvalue weighted by atomic mass is 9.85. The van der Waals surface area contributed by atoms with E-state index in [2.05, 4.69) is 38.0 Å². The minimum absolute atomic E-state index is 0.196. The second-order valence-electron chi connectivity index (χ2n) is 7.76. The highest BCUT2D eigenvalue weighted by atomic mass is 16.5. The highest BCUT2D eigenvalue weighted by molar-refractivity contribution is 4.91. The summed E-state index contributed by atoms with van der Waals surface area (Å²) in [7, 11) is 2.31. The second-order valence-corrected chi connectivity index (χ2v) is 7.76. The Kier molecular flexibility index (Phi) is 4.91. The Labute approximate surface area is 119 Å². The summed E-state index contributed by atoms with van der Waals surface area (Å²) < 4.78 is 5.72. The topological polar surface area (TPSA) is 24.5 Å². The molecule has 0 bridgehead atoms. The van der Waals surface area contributed by atoms with Crippen LogP contribution in [0.5, 0.6) is 0 Å². The van der Waals surface area contributed by atoms with Crippen LogP contribution in [0.3, 0.4) is 0 Å². The van der Waals surface area contributed by atoms with Gasteiger partial charge in [0, 0.05) is 36.7 Å². The van der Waals surface area contributed by atoms with E-state index in [0.717, 1.165) is 25.8 Å². The van der Waals surface area contributed by atoms with Crippen molar-refractivity contribution in [1.82, 2.24) is 10.2 Å². The van der Waals surface area contributed by atoms with Gasteiger partial charge in [0.2, 0.25) is 0 Å². The summed E-state index contributed by atoms with van der Waals surface area (Å²) in [5, 5.41) is 3.69. The fourth-order valence-corrected chi connectivity index (χ4v) is 3.43. The molecule has 1 unspecified atom stereocenters. The molecule has 1 atom stereocenters. The smallest absolute Gasteiger partial charge is 0.0547 e. The molecule has 0 spiro atoms. The third-order valence-electron chi connectivity index (χ3n) is 4.71. The molecule has 3 heteroatoms. The van der Waals surface area contributed by atoms with Crippen LogP contribution in [0.15, 0.2) is 0 Å². The van der Waals surface area contributed by atoms with E-state index in [1.165, 1.54) is 38.6 Å². The first-order valence-electron chi connectivity index (χ1n) is 7.93. The molecule has 0 amide bonds. The maximum absolute atomic E-state index is 5.72. The Morgan fingerprint density at radius 1 is 1.26 bits per heavy atom. The van der Waals surface area contributed by atoms with Crippen LogP contribution in [-0.2, 0) is 4.74 Å². The highest BCUT2D eigenvalue weighted by Gasteiger charge is 2.38. The summed E-state index contributed by atoms with van der Waals surface area (Å²) in [5.74, 6) is 0. The van der Waals surface area contributed by atoms with Gasteiger partial charge in [-0.05, 0) is 47.1 Å². The van der Waals surface area contributed by atoms with Crippen molar-refractivity contribution in [2.75, 3.05) is 33.4 Å². The molecule has 0 aromatic rings. The van der Waals surface area contributed by atoms with Crippen molar-refractivity contribution in [2.24, 2.45) is 5.41 Å². The summed E-state index contributed by atoms with van der Waals surface area (Å²) in [4.78, 5) is 2.60. The molecule has 1 saturated heterocycles. The first-order chi connectivity index (χ1) is 8.90. The zero-order valence-electron chi connectivity index (χ0n) is 13.3. The molecule has 1 aliphatic heterocycles. The average molecular weight is 268 g/mol.